The number of carbonyl (C=O) groups excluding carboxylic acids is 3. The monoisotopic (exact) mass is 1190 g/mol. The van der Waals surface area contributed by atoms with Gasteiger partial charge in [0.1, 0.15) is 86.8 Å². The normalized spacial score (nSPS) is 45.3. The van der Waals surface area contributed by atoms with Gasteiger partial charge < -0.3 is 118 Å². The van der Waals surface area contributed by atoms with Gasteiger partial charge in [0.15, 0.2) is 37.2 Å². The van der Waals surface area contributed by atoms with Gasteiger partial charge in [-0.15, -0.1) is 0 Å². The summed E-state index contributed by atoms with van der Waals surface area (Å²) in [5, 5.41) is 130. The molecular weight excluding hydrogens is 1110 g/mol. The Balaban J connectivity index is 1.05. The summed E-state index contributed by atoms with van der Waals surface area (Å²) in [6, 6.07) is 0. The van der Waals surface area contributed by atoms with Gasteiger partial charge in [0.2, 0.25) is 0 Å². The average molecular weight is 1190 g/mol. The summed E-state index contributed by atoms with van der Waals surface area (Å²) < 4.78 is 70.0. The zero-order valence-corrected chi connectivity index (χ0v) is 46.4. The van der Waals surface area contributed by atoms with Gasteiger partial charge in [-0.2, -0.15) is 0 Å². The molecule has 4 heterocycles. The molecule has 0 radical (unpaired) electrons. The predicted octanol–water partition coefficient (Wildman–Crippen LogP) is -3.60. The summed E-state index contributed by atoms with van der Waals surface area (Å²) in [5.41, 5.74) is 0. The van der Waals surface area contributed by atoms with Crippen LogP contribution in [0.3, 0.4) is 0 Å². The largest absolute Gasteiger partial charge is 0.481 e. The Labute approximate surface area is 479 Å². The smallest absolute Gasteiger partial charge is 0.330 e. The standard InChI is InChI=1S/C55H84O28/c1-72-35-15-24(3-11-30(35)58)5-13-41(63)74-22-39-46(68)48(70)52(83-54-51(44(66)32(60)21-76-54)82-42(64)14-6-25-4-12-31(59)36(16-25)73-2)55(81-39)79-37-19-29-33(77-50(37)26-7-9-27(56)10-8-26)17-28(57)18-34(29)78-53-49(71)47(69)45(67)38(80-53)23-75-43(65)20-40(61)62/h5-6,13-14,24-39,44-60,66-71H,3-4,7-12,15-23H2,1-2H3,(H,61,62)/p+1. The number of ether oxygens (including phenoxy) is 12. The molecule has 4 aliphatic heterocycles. The molecule has 4 saturated heterocycles. The van der Waals surface area contributed by atoms with Crippen molar-refractivity contribution in [2.75, 3.05) is 34.0 Å². The molecule has 13 N–H and O–H groups in total. The van der Waals surface area contributed by atoms with Crippen molar-refractivity contribution in [3.05, 3.63) is 24.3 Å². The van der Waals surface area contributed by atoms with E-state index in [4.69, 9.17) is 61.9 Å². The molecule has 83 heavy (non-hydrogen) atoms. The van der Waals surface area contributed by atoms with Gasteiger partial charge in [-0.1, -0.05) is 12.2 Å². The molecule has 8 fully saturated rings. The zero-order chi connectivity index (χ0) is 59.8. The van der Waals surface area contributed by atoms with Gasteiger partial charge in [0.05, 0.1) is 55.3 Å². The van der Waals surface area contributed by atoms with E-state index in [0.717, 1.165) is 6.08 Å². The van der Waals surface area contributed by atoms with Crippen molar-refractivity contribution in [2.24, 2.45) is 23.7 Å². The van der Waals surface area contributed by atoms with E-state index in [1.54, 1.807) is 12.2 Å². The van der Waals surface area contributed by atoms with Crippen LogP contribution in [0, 0.1) is 23.7 Å². The number of rotatable bonds is 20. The maximum absolute atomic E-state index is 13.5. The van der Waals surface area contributed by atoms with Crippen molar-refractivity contribution in [1.82, 2.24) is 0 Å². The quantitative estimate of drug-likeness (QED) is 0.0184. The van der Waals surface area contributed by atoms with E-state index in [1.807, 2.05) is 0 Å². The van der Waals surface area contributed by atoms with Gasteiger partial charge in [-0.25, -0.2) is 9.59 Å². The lowest BCUT2D eigenvalue weighted by Crippen LogP contribution is -2.65. The Morgan fingerprint density at radius 3 is 1.75 bits per heavy atom. The third kappa shape index (κ3) is 16.8. The maximum Gasteiger partial charge on any atom is 0.330 e. The lowest BCUT2D eigenvalue weighted by Gasteiger charge is -2.50. The number of aliphatic hydroxyl groups excluding tert-OH is 11. The molecule has 0 amide bonds. The fraction of sp³-hybridized carbons (Fsp3) is 0.855. The van der Waals surface area contributed by atoms with Crippen LogP contribution in [-0.4, -0.2) is 271 Å². The zero-order valence-electron chi connectivity index (χ0n) is 46.4. The third-order valence-corrected chi connectivity index (χ3v) is 17.7. The molecule has 26 atom stereocenters. The molecule has 0 aromatic rings. The van der Waals surface area contributed by atoms with Crippen LogP contribution in [0.15, 0.2) is 24.3 Å². The topological polar surface area (TPSA) is 425 Å². The fourth-order valence-corrected chi connectivity index (χ4v) is 12.9. The van der Waals surface area contributed by atoms with Crippen molar-refractivity contribution in [2.45, 2.75) is 237 Å². The molecule has 8 rings (SSSR count). The SMILES string of the molecule is COC1CC(C=CC(=O)OCC2OC(OC3CC4C(OC5OC(COC(=O)CC(=O)O)C(O)C(O)C5O)CC(O)CC4[OH+]C3C3CCC(O)CC3)C(OC3OCC(O)C(O)C3OC(=O)C=CC3CCC(O)C(OC)C3)C(O)C2O)CCC1O. The minimum Gasteiger partial charge on any atom is -0.481 e. The van der Waals surface area contributed by atoms with Gasteiger partial charge in [-0.05, 0) is 82.5 Å². The first-order chi connectivity index (χ1) is 39.6. The van der Waals surface area contributed by atoms with Gasteiger partial charge in [0, 0.05) is 45.1 Å². The van der Waals surface area contributed by atoms with Crippen molar-refractivity contribution in [3.63, 3.8) is 0 Å². The summed E-state index contributed by atoms with van der Waals surface area (Å²) in [6.45, 7) is -1.91. The molecule has 0 aromatic heterocycles. The first-order valence-electron chi connectivity index (χ1n) is 28.8. The van der Waals surface area contributed by atoms with E-state index >= 15 is 0 Å². The minimum atomic E-state index is -1.97. The highest BCUT2D eigenvalue weighted by molar-refractivity contribution is 5.90. The highest BCUT2D eigenvalue weighted by Crippen LogP contribution is 2.44. The Morgan fingerprint density at radius 1 is 0.530 bits per heavy atom. The van der Waals surface area contributed by atoms with E-state index < -0.39 is 203 Å². The molecule has 0 spiro atoms. The van der Waals surface area contributed by atoms with Crippen molar-refractivity contribution < 1.29 is 137 Å². The molecule has 8 aliphatic rings. The Bertz CT molecular complexity index is 2160. The molecular formula is C55H85O28+. The summed E-state index contributed by atoms with van der Waals surface area (Å²) in [6.07, 6.45) is -22.5. The van der Waals surface area contributed by atoms with Crippen molar-refractivity contribution in [1.29, 1.82) is 0 Å². The molecule has 26 unspecified atom stereocenters. The first-order valence-corrected chi connectivity index (χ1v) is 28.8. The van der Waals surface area contributed by atoms with Crippen LogP contribution in [0.2, 0.25) is 0 Å². The molecule has 28 heteroatoms. The number of carbonyl (C=O) groups is 4. The van der Waals surface area contributed by atoms with Crippen LogP contribution in [0.5, 0.6) is 0 Å². The van der Waals surface area contributed by atoms with Crippen molar-refractivity contribution in [3.8, 4) is 0 Å². The Kier molecular flexibility index (Phi) is 23.7. The van der Waals surface area contributed by atoms with Gasteiger partial charge >= 0.3 is 23.9 Å². The number of carboxylic acid groups (broad SMARTS) is 1. The van der Waals surface area contributed by atoms with Crippen molar-refractivity contribution >= 4 is 23.9 Å². The molecule has 4 saturated carbocycles. The Morgan fingerprint density at radius 2 is 1.12 bits per heavy atom. The number of esters is 3. The Hall–Kier alpha value is -3.44. The number of hydrogen-bond donors (Lipinski definition) is 12. The maximum atomic E-state index is 13.5. The van der Waals surface area contributed by atoms with E-state index in [1.165, 1.54) is 20.3 Å². The number of hydrogen-bond acceptors (Lipinski definition) is 26. The first kappa shape index (κ1) is 65.5. The van der Waals surface area contributed by atoms with Crippen LogP contribution in [-0.2, 0) is 71.3 Å². The fourth-order valence-electron chi connectivity index (χ4n) is 12.9. The highest BCUT2D eigenvalue weighted by Gasteiger charge is 2.58. The summed E-state index contributed by atoms with van der Waals surface area (Å²) in [5.74, 6) is -5.66. The highest BCUT2D eigenvalue weighted by atomic mass is 16.8. The predicted molar refractivity (Wildman–Crippen MR) is 275 cm³/mol. The number of methoxy groups -OCH3 is 2. The second kappa shape index (κ2) is 30.0. The van der Waals surface area contributed by atoms with E-state index in [9.17, 15) is 75.3 Å². The number of carboxylic acids is 1. The number of aliphatic carboxylic acids is 1. The molecule has 4 aliphatic carbocycles. The molecule has 0 aromatic carbocycles. The van der Waals surface area contributed by atoms with E-state index in [-0.39, 0.29) is 37.0 Å². The van der Waals surface area contributed by atoms with Crippen LogP contribution >= 0.6 is 0 Å². The summed E-state index contributed by atoms with van der Waals surface area (Å²) in [7, 11) is 2.96. The third-order valence-electron chi connectivity index (χ3n) is 17.7. The molecule has 0 bridgehead atoms. The van der Waals surface area contributed by atoms with E-state index in [2.05, 4.69) is 0 Å². The second-order valence-corrected chi connectivity index (χ2v) is 23.4. The number of fused-ring (bicyclic) bond motifs is 1. The van der Waals surface area contributed by atoms with Crippen LogP contribution in [0.1, 0.15) is 89.9 Å². The molecule has 472 valence electrons. The van der Waals surface area contributed by atoms with Gasteiger partial charge in [0.25, 0.3) is 0 Å². The van der Waals surface area contributed by atoms with Crippen LogP contribution in [0.25, 0.3) is 0 Å². The van der Waals surface area contributed by atoms with E-state index in [0.29, 0.717) is 64.2 Å². The summed E-state index contributed by atoms with van der Waals surface area (Å²) in [4.78, 5) is 49.9. The van der Waals surface area contributed by atoms with Gasteiger partial charge in [-0.3, -0.25) is 9.59 Å². The minimum absolute atomic E-state index is 0.0415. The number of allylic oxidation sites excluding steroid dienone is 2. The molecule has 28 nitrogen and oxygen atoms in total. The van der Waals surface area contributed by atoms with Crippen LogP contribution < -0.4 is 0 Å². The summed E-state index contributed by atoms with van der Waals surface area (Å²) >= 11 is 0. The number of aliphatic hydroxyl groups is 13. The average Bonchev–Trinajstić information content (AvgIpc) is 3.64. The lowest BCUT2D eigenvalue weighted by atomic mass is 9.73. The van der Waals surface area contributed by atoms with Crippen LogP contribution in [0.4, 0.5) is 0 Å². The lowest BCUT2D eigenvalue weighted by molar-refractivity contribution is -0.385. The second-order valence-electron chi connectivity index (χ2n) is 23.4.